The Kier molecular flexibility index (Phi) is 5.17. The van der Waals surface area contributed by atoms with Crippen molar-refractivity contribution in [3.05, 3.63) is 18.0 Å². The van der Waals surface area contributed by atoms with Crippen LogP contribution in [-0.2, 0) is 11.8 Å². The third-order valence-electron chi connectivity index (χ3n) is 2.82. The number of nitrogens with one attached hydrogen (secondary N) is 1. The van der Waals surface area contributed by atoms with E-state index in [-0.39, 0.29) is 17.4 Å². The molecule has 0 fully saturated rings. The summed E-state index contributed by atoms with van der Waals surface area (Å²) in [6.07, 6.45) is 3.75. The highest BCUT2D eigenvalue weighted by Gasteiger charge is 2.19. The maximum absolute atomic E-state index is 11.6. The van der Waals surface area contributed by atoms with Crippen LogP contribution in [-0.4, -0.2) is 15.7 Å². The third kappa shape index (κ3) is 5.60. The largest absolute Gasteiger partial charge is 0.337 e. The average Bonchev–Trinajstić information content (AvgIpc) is 2.70. The first-order valence-corrected chi connectivity index (χ1v) is 6.54. The van der Waals surface area contributed by atoms with Crippen LogP contribution in [0.25, 0.3) is 0 Å². The summed E-state index contributed by atoms with van der Waals surface area (Å²) in [5, 5.41) is 7.31. The zero-order valence-corrected chi connectivity index (χ0v) is 12.4. The lowest BCUT2D eigenvalue weighted by Crippen LogP contribution is -2.28. The van der Waals surface area contributed by atoms with Gasteiger partial charge in [-0.15, -0.1) is 0 Å². The first-order valence-electron chi connectivity index (χ1n) is 6.54. The quantitative estimate of drug-likeness (QED) is 0.846. The molecule has 4 nitrogen and oxygen atoms in total. The van der Waals surface area contributed by atoms with E-state index in [1.807, 2.05) is 19.3 Å². The van der Waals surface area contributed by atoms with Gasteiger partial charge in [-0.05, 0) is 37.2 Å². The van der Waals surface area contributed by atoms with Gasteiger partial charge in [-0.1, -0.05) is 26.7 Å². The van der Waals surface area contributed by atoms with Crippen molar-refractivity contribution in [2.24, 2.45) is 12.5 Å². The van der Waals surface area contributed by atoms with Crippen LogP contribution in [0.15, 0.2) is 12.3 Å². The van der Waals surface area contributed by atoms with Gasteiger partial charge in [0.2, 0.25) is 0 Å². The lowest BCUT2D eigenvalue weighted by Gasteiger charge is -2.22. The summed E-state index contributed by atoms with van der Waals surface area (Å²) in [7, 11) is 1.87. The normalized spacial score (nSPS) is 12.5. The summed E-state index contributed by atoms with van der Waals surface area (Å²) in [6.45, 7) is 8.23. The van der Waals surface area contributed by atoms with Crippen molar-refractivity contribution in [1.29, 1.82) is 0 Å². The summed E-state index contributed by atoms with van der Waals surface area (Å²) in [5.74, 6) is 4.89. The molecule has 1 aromatic rings. The van der Waals surface area contributed by atoms with E-state index in [1.54, 1.807) is 11.6 Å². The lowest BCUT2D eigenvalue weighted by molar-refractivity contribution is -0.116. The Labute approximate surface area is 115 Å². The van der Waals surface area contributed by atoms with Crippen molar-refractivity contribution in [2.45, 2.75) is 46.6 Å². The molecule has 4 heteroatoms. The van der Waals surface area contributed by atoms with Crippen molar-refractivity contribution in [3.63, 3.8) is 0 Å². The Balaban J connectivity index is 2.78. The van der Waals surface area contributed by atoms with Crippen LogP contribution in [0.4, 0.5) is 0 Å². The fourth-order valence-electron chi connectivity index (χ4n) is 1.80. The van der Waals surface area contributed by atoms with Crippen LogP contribution in [0.5, 0.6) is 0 Å². The highest BCUT2D eigenvalue weighted by molar-refractivity contribution is 5.93. The van der Waals surface area contributed by atoms with Crippen LogP contribution in [0, 0.1) is 17.3 Å². The van der Waals surface area contributed by atoms with Crippen molar-refractivity contribution >= 4 is 5.91 Å². The highest BCUT2D eigenvalue weighted by Crippen LogP contribution is 2.26. The van der Waals surface area contributed by atoms with Crippen LogP contribution in [0.2, 0.25) is 0 Å². The molecule has 0 aliphatic rings. The molecule has 0 radical (unpaired) electrons. The van der Waals surface area contributed by atoms with E-state index >= 15 is 0 Å². The van der Waals surface area contributed by atoms with Crippen LogP contribution < -0.4 is 5.32 Å². The van der Waals surface area contributed by atoms with Gasteiger partial charge in [0.25, 0.3) is 5.91 Å². The van der Waals surface area contributed by atoms with E-state index in [1.165, 1.54) is 0 Å². The molecular formula is C15H23N3O. The molecule has 0 aromatic carbocycles. The number of hydrogen-bond donors (Lipinski definition) is 1. The molecule has 0 aliphatic heterocycles. The van der Waals surface area contributed by atoms with Crippen LogP contribution in [0.1, 0.15) is 52.3 Å². The van der Waals surface area contributed by atoms with E-state index < -0.39 is 0 Å². The molecule has 0 saturated heterocycles. The number of rotatable bonds is 4. The average molecular weight is 261 g/mol. The molecule has 0 aliphatic carbocycles. The predicted molar refractivity (Wildman–Crippen MR) is 76.2 cm³/mol. The Bertz CT molecular complexity index is 485. The van der Waals surface area contributed by atoms with Gasteiger partial charge >= 0.3 is 0 Å². The van der Waals surface area contributed by atoms with Gasteiger partial charge in [0.15, 0.2) is 0 Å². The van der Waals surface area contributed by atoms with E-state index in [4.69, 9.17) is 0 Å². The first kappa shape index (κ1) is 15.3. The number of aryl methyl sites for hydroxylation is 1. The number of aromatic nitrogens is 2. The van der Waals surface area contributed by atoms with Crippen molar-refractivity contribution in [3.8, 4) is 11.8 Å². The minimum atomic E-state index is -0.243. The summed E-state index contributed by atoms with van der Waals surface area (Å²) < 4.78 is 1.75. The molecule has 0 saturated carbocycles. The zero-order valence-electron chi connectivity index (χ0n) is 12.4. The third-order valence-corrected chi connectivity index (χ3v) is 2.82. The van der Waals surface area contributed by atoms with Gasteiger partial charge in [-0.25, -0.2) is 0 Å². The molecule has 1 unspecified atom stereocenters. The van der Waals surface area contributed by atoms with Crippen molar-refractivity contribution in [1.82, 2.24) is 15.1 Å². The first-order chi connectivity index (χ1) is 8.81. The number of carbonyl (C=O) groups is 1. The SMILES string of the molecule is CC#CC(=O)NC(CCC(C)(C)C)c1ccn(C)n1. The summed E-state index contributed by atoms with van der Waals surface area (Å²) in [6, 6.07) is 1.86. The second kappa shape index (κ2) is 6.42. The number of amides is 1. The molecule has 1 heterocycles. The summed E-state index contributed by atoms with van der Waals surface area (Å²) in [5.41, 5.74) is 1.12. The minimum Gasteiger partial charge on any atom is -0.337 e. The molecule has 1 N–H and O–H groups in total. The second-order valence-electron chi connectivity index (χ2n) is 5.91. The Morgan fingerprint density at radius 3 is 2.68 bits per heavy atom. The van der Waals surface area contributed by atoms with Crippen molar-refractivity contribution < 1.29 is 4.79 Å². The molecule has 0 bridgehead atoms. The molecule has 104 valence electrons. The van der Waals surface area contributed by atoms with E-state index in [0.717, 1.165) is 18.5 Å². The Morgan fingerprint density at radius 2 is 2.21 bits per heavy atom. The highest BCUT2D eigenvalue weighted by atomic mass is 16.1. The minimum absolute atomic E-state index is 0.0752. The molecule has 1 rings (SSSR count). The van der Waals surface area contributed by atoms with Gasteiger partial charge in [-0.2, -0.15) is 5.10 Å². The van der Waals surface area contributed by atoms with Gasteiger partial charge in [0, 0.05) is 13.2 Å². The van der Waals surface area contributed by atoms with E-state index in [0.29, 0.717) is 0 Å². The van der Waals surface area contributed by atoms with Gasteiger partial charge < -0.3 is 5.32 Å². The predicted octanol–water partition coefficient (Wildman–Crippen LogP) is 2.43. The van der Waals surface area contributed by atoms with Gasteiger partial charge in [0.1, 0.15) is 0 Å². The fraction of sp³-hybridized carbons (Fsp3) is 0.600. The monoisotopic (exact) mass is 261 g/mol. The molecule has 0 spiro atoms. The van der Waals surface area contributed by atoms with E-state index in [2.05, 4.69) is 43.0 Å². The lowest BCUT2D eigenvalue weighted by atomic mass is 9.88. The van der Waals surface area contributed by atoms with Gasteiger partial charge in [-0.3, -0.25) is 9.48 Å². The molecule has 1 amide bonds. The van der Waals surface area contributed by atoms with Gasteiger partial charge in [0.05, 0.1) is 11.7 Å². The summed E-state index contributed by atoms with van der Waals surface area (Å²) >= 11 is 0. The standard InChI is InChI=1S/C15H23N3O/c1-6-7-14(19)16-12(8-10-15(2,3)4)13-9-11-18(5)17-13/h9,11-12H,8,10H2,1-5H3,(H,16,19). The molecule has 1 atom stereocenters. The maximum atomic E-state index is 11.6. The number of carbonyl (C=O) groups excluding carboxylic acids is 1. The maximum Gasteiger partial charge on any atom is 0.296 e. The number of nitrogens with zero attached hydrogens (tertiary/aromatic N) is 2. The van der Waals surface area contributed by atoms with Crippen molar-refractivity contribution in [2.75, 3.05) is 0 Å². The molecule has 19 heavy (non-hydrogen) atoms. The Hall–Kier alpha value is -1.76. The topological polar surface area (TPSA) is 46.9 Å². The van der Waals surface area contributed by atoms with E-state index in [9.17, 15) is 4.79 Å². The molecule has 1 aromatic heterocycles. The fourth-order valence-corrected chi connectivity index (χ4v) is 1.80. The molecular weight excluding hydrogens is 238 g/mol. The number of hydrogen-bond acceptors (Lipinski definition) is 2. The smallest absolute Gasteiger partial charge is 0.296 e. The zero-order chi connectivity index (χ0) is 14.5. The van der Waals surface area contributed by atoms with Crippen LogP contribution in [0.3, 0.4) is 0 Å². The second-order valence-corrected chi connectivity index (χ2v) is 5.91. The summed E-state index contributed by atoms with van der Waals surface area (Å²) in [4.78, 5) is 11.6. The Morgan fingerprint density at radius 1 is 1.53 bits per heavy atom. The van der Waals surface area contributed by atoms with Crippen LogP contribution >= 0.6 is 0 Å².